The van der Waals surface area contributed by atoms with Gasteiger partial charge in [-0.2, -0.15) is 0 Å². The van der Waals surface area contributed by atoms with E-state index >= 15 is 0 Å². The molecule has 0 aromatic carbocycles. The molecule has 0 saturated heterocycles. The van der Waals surface area contributed by atoms with Crippen LogP contribution < -0.4 is 0 Å². The van der Waals surface area contributed by atoms with Gasteiger partial charge in [0.1, 0.15) is 0 Å². The van der Waals surface area contributed by atoms with Crippen LogP contribution in [-0.2, 0) is 0 Å². The molecule has 0 unspecified atom stereocenters. The number of hydrogen-bond donors (Lipinski definition) is 0. The van der Waals surface area contributed by atoms with Gasteiger partial charge in [0.2, 0.25) is 0 Å². The van der Waals surface area contributed by atoms with Crippen molar-refractivity contribution in [2.24, 2.45) is 10.9 Å². The zero-order chi connectivity index (χ0) is 7.82. The molecule has 0 rings (SSSR count). The average molecular weight is 137 g/mol. The first kappa shape index (κ1) is 9.15. The molecule has 0 atom stereocenters. The summed E-state index contributed by atoms with van der Waals surface area (Å²) in [5.74, 6) is 0.586. The Bertz CT molecular complexity index is 141. The predicted molar refractivity (Wildman–Crippen MR) is 47.3 cm³/mol. The smallest absolute Gasteiger partial charge is 0.0264 e. The van der Waals surface area contributed by atoms with Crippen LogP contribution in [0.5, 0.6) is 0 Å². The van der Waals surface area contributed by atoms with Crippen LogP contribution in [0, 0.1) is 5.92 Å². The molecule has 0 aliphatic carbocycles. The van der Waals surface area contributed by atoms with Crippen molar-refractivity contribution >= 4 is 6.21 Å². The summed E-state index contributed by atoms with van der Waals surface area (Å²) < 4.78 is 0. The van der Waals surface area contributed by atoms with E-state index in [-0.39, 0.29) is 0 Å². The summed E-state index contributed by atoms with van der Waals surface area (Å²) in [6.45, 7) is 6.22. The molecule has 0 bridgehead atoms. The van der Waals surface area contributed by atoms with Gasteiger partial charge in [0, 0.05) is 12.4 Å². The summed E-state index contributed by atoms with van der Waals surface area (Å²) in [4.78, 5) is 4.01. The van der Waals surface area contributed by atoms with Crippen molar-refractivity contribution in [1.29, 1.82) is 0 Å². The number of aliphatic imine (C=N–C) groups is 1. The van der Waals surface area contributed by atoms with Gasteiger partial charge >= 0.3 is 0 Å². The van der Waals surface area contributed by atoms with Crippen LogP contribution in [0.15, 0.2) is 29.4 Å². The van der Waals surface area contributed by atoms with E-state index in [9.17, 15) is 0 Å². The molecule has 1 nitrogen and oxygen atoms in total. The Balaban J connectivity index is 3.51. The highest BCUT2D eigenvalue weighted by molar-refractivity contribution is 5.71. The molecule has 10 heavy (non-hydrogen) atoms. The van der Waals surface area contributed by atoms with Gasteiger partial charge in [0.05, 0.1) is 0 Å². The molecule has 0 aromatic heterocycles. The van der Waals surface area contributed by atoms with Crippen LogP contribution in [0.1, 0.15) is 20.8 Å². The molecule has 0 aromatic rings. The van der Waals surface area contributed by atoms with Gasteiger partial charge in [-0.1, -0.05) is 26.0 Å². The molecule has 0 amide bonds. The van der Waals surface area contributed by atoms with Gasteiger partial charge in [0.25, 0.3) is 0 Å². The van der Waals surface area contributed by atoms with Crippen LogP contribution in [0.2, 0.25) is 0 Å². The summed E-state index contributed by atoms with van der Waals surface area (Å²) in [5, 5.41) is 0. The van der Waals surface area contributed by atoms with E-state index in [2.05, 4.69) is 24.9 Å². The van der Waals surface area contributed by atoms with Gasteiger partial charge in [-0.05, 0) is 18.9 Å². The normalized spacial score (nSPS) is 13.2. The molecule has 56 valence electrons. The maximum atomic E-state index is 4.01. The van der Waals surface area contributed by atoms with E-state index in [1.165, 1.54) is 0 Å². The van der Waals surface area contributed by atoms with E-state index in [1.807, 2.05) is 25.3 Å². The molecule has 0 heterocycles. The minimum absolute atomic E-state index is 0.586. The van der Waals surface area contributed by atoms with Crippen molar-refractivity contribution in [2.75, 3.05) is 0 Å². The molecule has 0 radical (unpaired) electrons. The van der Waals surface area contributed by atoms with E-state index in [4.69, 9.17) is 0 Å². The Labute approximate surface area is 63.2 Å². The van der Waals surface area contributed by atoms with Crippen molar-refractivity contribution in [3.63, 3.8) is 0 Å². The largest absolute Gasteiger partial charge is 0.265 e. The molecule has 0 N–H and O–H groups in total. The Morgan fingerprint density at radius 2 is 2.00 bits per heavy atom. The minimum atomic E-state index is 0.586. The fraction of sp³-hybridized carbons (Fsp3) is 0.444. The van der Waals surface area contributed by atoms with E-state index in [1.54, 1.807) is 6.21 Å². The predicted octanol–water partition coefficient (Wildman–Crippen LogP) is 2.80. The fourth-order valence-electron chi connectivity index (χ4n) is 0.407. The zero-order valence-corrected chi connectivity index (χ0v) is 6.91. The lowest BCUT2D eigenvalue weighted by Crippen LogP contribution is -1.74. The minimum Gasteiger partial charge on any atom is -0.265 e. The lowest BCUT2D eigenvalue weighted by Gasteiger charge is -1.87. The van der Waals surface area contributed by atoms with Crippen LogP contribution in [-0.4, -0.2) is 6.21 Å². The second-order valence-corrected chi connectivity index (χ2v) is 2.41. The molecule has 0 spiro atoms. The maximum Gasteiger partial charge on any atom is 0.0264 e. The Hall–Kier alpha value is -0.850. The third kappa shape index (κ3) is 7.15. The number of allylic oxidation sites excluding steroid dienone is 3. The Morgan fingerprint density at radius 3 is 2.50 bits per heavy atom. The van der Waals surface area contributed by atoms with Crippen molar-refractivity contribution in [3.05, 3.63) is 24.4 Å². The number of hydrogen-bond acceptors (Lipinski definition) is 1. The Kier molecular flexibility index (Phi) is 5.74. The lowest BCUT2D eigenvalue weighted by atomic mass is 10.2. The van der Waals surface area contributed by atoms with Gasteiger partial charge < -0.3 is 0 Å². The highest BCUT2D eigenvalue weighted by atomic mass is 14.6. The summed E-state index contributed by atoms with van der Waals surface area (Å²) in [5.41, 5.74) is 0. The van der Waals surface area contributed by atoms with Crippen LogP contribution >= 0.6 is 0 Å². The molecular formula is C9H15N. The third-order valence-corrected chi connectivity index (χ3v) is 0.922. The average Bonchev–Trinajstić information content (AvgIpc) is 1.87. The fourth-order valence-corrected chi connectivity index (χ4v) is 0.407. The second kappa shape index (κ2) is 6.27. The van der Waals surface area contributed by atoms with Crippen LogP contribution in [0.25, 0.3) is 0 Å². The zero-order valence-electron chi connectivity index (χ0n) is 6.91. The standard InChI is InChI=1S/C9H15N/c1-4-5-7-10-8-6-9(2)3/h4-9H,1-3H3/b5-4?,8-6-,10-7?. The van der Waals surface area contributed by atoms with Crippen LogP contribution in [0.4, 0.5) is 0 Å². The van der Waals surface area contributed by atoms with E-state index in [0.717, 1.165) is 0 Å². The van der Waals surface area contributed by atoms with Crippen molar-refractivity contribution in [1.82, 2.24) is 0 Å². The number of nitrogens with zero attached hydrogens (tertiary/aromatic N) is 1. The summed E-state index contributed by atoms with van der Waals surface area (Å²) in [7, 11) is 0. The van der Waals surface area contributed by atoms with Crippen LogP contribution in [0.3, 0.4) is 0 Å². The van der Waals surface area contributed by atoms with Crippen molar-refractivity contribution < 1.29 is 0 Å². The topological polar surface area (TPSA) is 12.4 Å². The molecule has 0 saturated carbocycles. The molecule has 0 fully saturated rings. The Morgan fingerprint density at radius 1 is 1.30 bits per heavy atom. The van der Waals surface area contributed by atoms with Gasteiger partial charge in [-0.25, -0.2) is 0 Å². The lowest BCUT2D eigenvalue weighted by molar-refractivity contribution is 0.829. The summed E-state index contributed by atoms with van der Waals surface area (Å²) in [6.07, 6.45) is 9.51. The first-order chi connectivity index (χ1) is 4.77. The summed E-state index contributed by atoms with van der Waals surface area (Å²) in [6, 6.07) is 0. The first-order valence-corrected chi connectivity index (χ1v) is 3.58. The highest BCUT2D eigenvalue weighted by Crippen LogP contribution is 1.92. The number of rotatable bonds is 3. The first-order valence-electron chi connectivity index (χ1n) is 3.58. The second-order valence-electron chi connectivity index (χ2n) is 2.41. The molecule has 1 heteroatoms. The maximum absolute atomic E-state index is 4.01. The van der Waals surface area contributed by atoms with Gasteiger partial charge in [-0.3, -0.25) is 4.99 Å². The van der Waals surface area contributed by atoms with Gasteiger partial charge in [-0.15, -0.1) is 0 Å². The summed E-state index contributed by atoms with van der Waals surface area (Å²) >= 11 is 0. The SMILES string of the molecule is CC=CC=N/C=C\C(C)C. The molecular weight excluding hydrogens is 122 g/mol. The third-order valence-electron chi connectivity index (χ3n) is 0.922. The monoisotopic (exact) mass is 137 g/mol. The van der Waals surface area contributed by atoms with Gasteiger partial charge in [0.15, 0.2) is 0 Å². The van der Waals surface area contributed by atoms with Crippen molar-refractivity contribution in [3.8, 4) is 0 Å². The molecule has 0 aliphatic heterocycles. The molecule has 0 aliphatic rings. The quantitative estimate of drug-likeness (QED) is 0.530. The van der Waals surface area contributed by atoms with Crippen molar-refractivity contribution in [2.45, 2.75) is 20.8 Å². The highest BCUT2D eigenvalue weighted by Gasteiger charge is 1.78. The van der Waals surface area contributed by atoms with E-state index in [0.29, 0.717) is 5.92 Å². The van der Waals surface area contributed by atoms with E-state index < -0.39 is 0 Å².